The molecule has 1 saturated heterocycles. The van der Waals surface area contributed by atoms with Crippen LogP contribution in [-0.4, -0.2) is 65.6 Å². The van der Waals surface area contributed by atoms with Crippen molar-refractivity contribution in [1.29, 1.82) is 0 Å². The fourth-order valence-electron chi connectivity index (χ4n) is 3.77. The highest BCUT2D eigenvalue weighted by molar-refractivity contribution is 7.89. The van der Waals surface area contributed by atoms with E-state index in [-0.39, 0.29) is 16.4 Å². The minimum Gasteiger partial charge on any atom is -0.496 e. The Kier molecular flexibility index (Phi) is 7.53. The molecule has 1 amide bonds. The number of sulfonamides is 1. The van der Waals surface area contributed by atoms with E-state index < -0.39 is 10.0 Å². The summed E-state index contributed by atoms with van der Waals surface area (Å²) < 4.78 is 28.3. The van der Waals surface area contributed by atoms with Crippen LogP contribution in [0.25, 0.3) is 0 Å². The number of methoxy groups -OCH3 is 1. The van der Waals surface area contributed by atoms with Crippen molar-refractivity contribution in [2.45, 2.75) is 18.2 Å². The zero-order valence-electron chi connectivity index (χ0n) is 18.0. The number of rotatable bonds is 8. The Hall–Kier alpha value is -2.62. The lowest BCUT2D eigenvalue weighted by Crippen LogP contribution is -2.47. The second kappa shape index (κ2) is 10.1. The predicted molar refractivity (Wildman–Crippen MR) is 121 cm³/mol. The maximum atomic E-state index is 12.5. The minimum atomic E-state index is -3.90. The molecule has 2 aromatic rings. The summed E-state index contributed by atoms with van der Waals surface area (Å²) >= 11 is 0. The summed E-state index contributed by atoms with van der Waals surface area (Å²) in [5, 5.41) is 8.01. The Labute approximate surface area is 184 Å². The first-order valence-electron chi connectivity index (χ1n) is 10.3. The van der Waals surface area contributed by atoms with Crippen LogP contribution in [0.4, 0.5) is 5.69 Å². The number of carbonyl (C=O) groups is 1. The van der Waals surface area contributed by atoms with Gasteiger partial charge in [0.15, 0.2) is 0 Å². The SMILES string of the molecule is COc1ccc(S(N)(=O)=O)cc1C(=O)NCCCN1CCN(c2ccccc2C)CC1. The van der Waals surface area contributed by atoms with E-state index in [0.717, 1.165) is 39.1 Å². The number of aryl methyl sites for hydroxylation is 1. The number of para-hydroxylation sites is 1. The molecule has 1 fully saturated rings. The quantitative estimate of drug-likeness (QED) is 0.597. The highest BCUT2D eigenvalue weighted by Crippen LogP contribution is 2.22. The van der Waals surface area contributed by atoms with Gasteiger partial charge in [-0.25, -0.2) is 13.6 Å². The number of anilines is 1. The summed E-state index contributed by atoms with van der Waals surface area (Å²) in [6, 6.07) is 12.4. The number of nitrogens with zero attached hydrogens (tertiary/aromatic N) is 2. The summed E-state index contributed by atoms with van der Waals surface area (Å²) in [4.78, 5) is 17.2. The van der Waals surface area contributed by atoms with E-state index in [9.17, 15) is 13.2 Å². The Balaban J connectivity index is 1.46. The molecule has 0 aromatic heterocycles. The monoisotopic (exact) mass is 446 g/mol. The fraction of sp³-hybridized carbons (Fsp3) is 0.409. The molecule has 0 bridgehead atoms. The van der Waals surface area contributed by atoms with Gasteiger partial charge in [0.2, 0.25) is 10.0 Å². The van der Waals surface area contributed by atoms with Crippen LogP contribution in [0.5, 0.6) is 5.75 Å². The van der Waals surface area contributed by atoms with Crippen molar-refractivity contribution in [3.05, 3.63) is 53.6 Å². The van der Waals surface area contributed by atoms with Crippen molar-refractivity contribution in [3.8, 4) is 5.75 Å². The first-order chi connectivity index (χ1) is 14.8. The molecule has 0 atom stereocenters. The van der Waals surface area contributed by atoms with Crippen molar-refractivity contribution in [2.24, 2.45) is 5.14 Å². The summed E-state index contributed by atoms with van der Waals surface area (Å²) in [5.41, 5.74) is 2.74. The van der Waals surface area contributed by atoms with Gasteiger partial charge in [-0.1, -0.05) is 18.2 Å². The van der Waals surface area contributed by atoms with Crippen molar-refractivity contribution in [1.82, 2.24) is 10.2 Å². The van der Waals surface area contributed by atoms with Gasteiger partial charge in [-0.2, -0.15) is 0 Å². The number of piperazine rings is 1. The second-order valence-electron chi connectivity index (χ2n) is 7.63. The standard InChI is InChI=1S/C22H30N4O4S/c1-17-6-3-4-7-20(17)26-14-12-25(13-15-26)11-5-10-24-22(27)19-16-18(31(23,28)29)8-9-21(19)30-2/h3-4,6-9,16H,5,10-15H2,1-2H3,(H,24,27)(H2,23,28,29). The third kappa shape index (κ3) is 5.96. The molecule has 2 aromatic carbocycles. The van der Waals surface area contributed by atoms with E-state index >= 15 is 0 Å². The molecule has 31 heavy (non-hydrogen) atoms. The lowest BCUT2D eigenvalue weighted by Gasteiger charge is -2.36. The van der Waals surface area contributed by atoms with E-state index in [0.29, 0.717) is 12.3 Å². The van der Waals surface area contributed by atoms with E-state index in [2.05, 4.69) is 46.3 Å². The third-order valence-corrected chi connectivity index (χ3v) is 6.42. The molecule has 8 nitrogen and oxygen atoms in total. The number of hydrogen-bond donors (Lipinski definition) is 2. The van der Waals surface area contributed by atoms with Crippen LogP contribution in [0.15, 0.2) is 47.4 Å². The zero-order chi connectivity index (χ0) is 22.4. The number of carbonyl (C=O) groups excluding carboxylic acids is 1. The van der Waals surface area contributed by atoms with Crippen molar-refractivity contribution in [3.63, 3.8) is 0 Å². The van der Waals surface area contributed by atoms with Gasteiger partial charge in [0.1, 0.15) is 5.75 Å². The average molecular weight is 447 g/mol. The molecule has 0 radical (unpaired) electrons. The Morgan fingerprint density at radius 2 is 1.84 bits per heavy atom. The maximum Gasteiger partial charge on any atom is 0.255 e. The summed E-state index contributed by atoms with van der Waals surface area (Å²) in [6.07, 6.45) is 0.799. The van der Waals surface area contributed by atoms with Crippen LogP contribution >= 0.6 is 0 Å². The van der Waals surface area contributed by atoms with Crippen LogP contribution in [0, 0.1) is 6.92 Å². The molecule has 0 aliphatic carbocycles. The van der Waals surface area contributed by atoms with E-state index in [1.807, 2.05) is 0 Å². The lowest BCUT2D eigenvalue weighted by molar-refractivity contribution is 0.0948. The molecule has 1 aliphatic rings. The number of nitrogens with one attached hydrogen (secondary N) is 1. The molecule has 0 unspecified atom stereocenters. The molecular formula is C22H30N4O4S. The molecule has 1 heterocycles. The number of benzene rings is 2. The largest absolute Gasteiger partial charge is 0.496 e. The fourth-order valence-corrected chi connectivity index (χ4v) is 4.31. The molecule has 3 rings (SSSR count). The lowest BCUT2D eigenvalue weighted by atomic mass is 10.1. The average Bonchev–Trinajstić information content (AvgIpc) is 2.76. The Morgan fingerprint density at radius 1 is 1.13 bits per heavy atom. The molecular weight excluding hydrogens is 416 g/mol. The van der Waals surface area contributed by atoms with Gasteiger partial charge in [-0.15, -0.1) is 0 Å². The third-order valence-electron chi connectivity index (χ3n) is 5.51. The van der Waals surface area contributed by atoms with Gasteiger partial charge in [0, 0.05) is 38.4 Å². The highest BCUT2D eigenvalue weighted by atomic mass is 32.2. The molecule has 0 saturated carbocycles. The van der Waals surface area contributed by atoms with Gasteiger partial charge in [0.25, 0.3) is 5.91 Å². The highest BCUT2D eigenvalue weighted by Gasteiger charge is 2.19. The van der Waals surface area contributed by atoms with Crippen LogP contribution < -0.4 is 20.1 Å². The maximum absolute atomic E-state index is 12.5. The predicted octanol–water partition coefficient (Wildman–Crippen LogP) is 1.59. The minimum absolute atomic E-state index is 0.120. The first kappa shape index (κ1) is 23.1. The normalized spacial score (nSPS) is 15.0. The number of nitrogens with two attached hydrogens (primary N) is 1. The zero-order valence-corrected chi connectivity index (χ0v) is 18.8. The molecule has 3 N–H and O–H groups in total. The van der Waals surface area contributed by atoms with E-state index in [1.54, 1.807) is 0 Å². The molecule has 0 spiro atoms. The summed E-state index contributed by atoms with van der Waals surface area (Å²) in [5.74, 6) is -0.0797. The number of amides is 1. The van der Waals surface area contributed by atoms with Crippen LogP contribution in [0.3, 0.4) is 0 Å². The summed E-state index contributed by atoms with van der Waals surface area (Å²) in [6.45, 7) is 7.43. The second-order valence-corrected chi connectivity index (χ2v) is 9.19. The van der Waals surface area contributed by atoms with Crippen LogP contribution in [0.2, 0.25) is 0 Å². The van der Waals surface area contributed by atoms with Gasteiger partial charge in [-0.3, -0.25) is 9.69 Å². The van der Waals surface area contributed by atoms with Gasteiger partial charge in [0.05, 0.1) is 17.6 Å². The topological polar surface area (TPSA) is 105 Å². The van der Waals surface area contributed by atoms with E-state index in [4.69, 9.17) is 9.88 Å². The smallest absolute Gasteiger partial charge is 0.255 e. The van der Waals surface area contributed by atoms with E-state index in [1.165, 1.54) is 36.6 Å². The van der Waals surface area contributed by atoms with Gasteiger partial charge >= 0.3 is 0 Å². The molecule has 9 heteroatoms. The Morgan fingerprint density at radius 3 is 2.48 bits per heavy atom. The van der Waals surface area contributed by atoms with Crippen molar-refractivity contribution < 1.29 is 17.9 Å². The number of hydrogen-bond acceptors (Lipinski definition) is 6. The number of primary sulfonamides is 1. The Bertz CT molecular complexity index is 1020. The van der Waals surface area contributed by atoms with Crippen LogP contribution in [0.1, 0.15) is 22.3 Å². The van der Waals surface area contributed by atoms with Crippen molar-refractivity contribution in [2.75, 3.05) is 51.3 Å². The number of ether oxygens (including phenoxy) is 1. The van der Waals surface area contributed by atoms with Crippen molar-refractivity contribution >= 4 is 21.6 Å². The summed E-state index contributed by atoms with van der Waals surface area (Å²) in [7, 11) is -2.47. The van der Waals surface area contributed by atoms with Gasteiger partial charge in [-0.05, 0) is 49.7 Å². The molecule has 168 valence electrons. The first-order valence-corrected chi connectivity index (χ1v) is 11.9. The van der Waals surface area contributed by atoms with Gasteiger partial charge < -0.3 is 15.0 Å². The molecule has 1 aliphatic heterocycles. The van der Waals surface area contributed by atoms with Crippen LogP contribution in [-0.2, 0) is 10.0 Å².